The topological polar surface area (TPSA) is 61.6 Å². The predicted molar refractivity (Wildman–Crippen MR) is 70.7 cm³/mol. The molecule has 0 unspecified atom stereocenters. The van der Waals surface area contributed by atoms with Crippen LogP contribution in [0.2, 0.25) is 5.02 Å². The molecule has 0 saturated heterocycles. The van der Waals surface area contributed by atoms with Crippen LogP contribution >= 0.6 is 11.6 Å². The Hall–Kier alpha value is -1.26. The third-order valence-corrected chi connectivity index (χ3v) is 2.72. The summed E-state index contributed by atoms with van der Waals surface area (Å²) >= 11 is 5.78. The number of nitrogens with two attached hydrogens (primary N) is 1. The molecule has 0 spiro atoms. The van der Waals surface area contributed by atoms with Crippen molar-refractivity contribution in [2.24, 2.45) is 5.73 Å². The van der Waals surface area contributed by atoms with Gasteiger partial charge in [0.2, 0.25) is 0 Å². The van der Waals surface area contributed by atoms with E-state index in [-0.39, 0.29) is 12.2 Å². The quantitative estimate of drug-likeness (QED) is 0.836. The van der Waals surface area contributed by atoms with E-state index in [2.05, 4.69) is 0 Å². The van der Waals surface area contributed by atoms with Gasteiger partial charge in [0, 0.05) is 5.02 Å². The SMILES string of the molecule is C[C@H](N)C(=O)O[C@@H](C)[C@@H](C)Oc1ccc(Cl)cc1. The lowest BCUT2D eigenvalue weighted by atomic mass is 10.2. The van der Waals surface area contributed by atoms with Gasteiger partial charge in [0.25, 0.3) is 0 Å². The van der Waals surface area contributed by atoms with Gasteiger partial charge in [-0.15, -0.1) is 0 Å². The number of benzene rings is 1. The summed E-state index contributed by atoms with van der Waals surface area (Å²) in [6.45, 7) is 5.17. The van der Waals surface area contributed by atoms with Gasteiger partial charge in [0.15, 0.2) is 0 Å². The van der Waals surface area contributed by atoms with Crippen molar-refractivity contribution in [2.75, 3.05) is 0 Å². The molecule has 0 aliphatic carbocycles. The highest BCUT2D eigenvalue weighted by Gasteiger charge is 2.20. The second kappa shape index (κ2) is 6.61. The number of hydrogen-bond donors (Lipinski definition) is 1. The van der Waals surface area contributed by atoms with Crippen molar-refractivity contribution in [3.05, 3.63) is 29.3 Å². The molecule has 0 amide bonds. The van der Waals surface area contributed by atoms with Gasteiger partial charge in [0.1, 0.15) is 24.0 Å². The number of rotatable bonds is 5. The average Bonchev–Trinajstić information content (AvgIpc) is 2.31. The highest BCUT2D eigenvalue weighted by molar-refractivity contribution is 6.30. The first-order chi connectivity index (χ1) is 8.40. The highest BCUT2D eigenvalue weighted by Crippen LogP contribution is 2.18. The summed E-state index contributed by atoms with van der Waals surface area (Å²) in [5.74, 6) is 0.240. The Bertz CT molecular complexity index is 392. The van der Waals surface area contributed by atoms with Crippen molar-refractivity contribution in [2.45, 2.75) is 39.0 Å². The molecular formula is C13H18ClNO3. The average molecular weight is 272 g/mol. The molecule has 4 nitrogen and oxygen atoms in total. The van der Waals surface area contributed by atoms with Crippen molar-refractivity contribution in [3.63, 3.8) is 0 Å². The summed E-state index contributed by atoms with van der Waals surface area (Å²) in [6.07, 6.45) is -0.645. The van der Waals surface area contributed by atoms with E-state index >= 15 is 0 Å². The van der Waals surface area contributed by atoms with Gasteiger partial charge in [-0.2, -0.15) is 0 Å². The summed E-state index contributed by atoms with van der Waals surface area (Å²) in [7, 11) is 0. The van der Waals surface area contributed by atoms with Gasteiger partial charge in [-0.25, -0.2) is 0 Å². The number of hydrogen-bond acceptors (Lipinski definition) is 4. The Morgan fingerprint density at radius 3 is 2.22 bits per heavy atom. The lowest BCUT2D eigenvalue weighted by Gasteiger charge is -2.22. The van der Waals surface area contributed by atoms with Gasteiger partial charge in [-0.05, 0) is 45.0 Å². The molecule has 2 N–H and O–H groups in total. The zero-order valence-electron chi connectivity index (χ0n) is 10.7. The molecular weight excluding hydrogens is 254 g/mol. The number of halogens is 1. The maximum absolute atomic E-state index is 11.3. The highest BCUT2D eigenvalue weighted by atomic mass is 35.5. The van der Waals surface area contributed by atoms with E-state index in [9.17, 15) is 4.79 Å². The van der Waals surface area contributed by atoms with Gasteiger partial charge in [-0.3, -0.25) is 4.79 Å². The Morgan fingerprint density at radius 2 is 1.72 bits per heavy atom. The van der Waals surface area contributed by atoms with Crippen molar-refractivity contribution in [3.8, 4) is 5.75 Å². The largest absolute Gasteiger partial charge is 0.487 e. The lowest BCUT2D eigenvalue weighted by molar-refractivity contribution is -0.153. The predicted octanol–water partition coefficient (Wildman–Crippen LogP) is 2.39. The summed E-state index contributed by atoms with van der Waals surface area (Å²) in [5.41, 5.74) is 5.42. The van der Waals surface area contributed by atoms with E-state index in [0.717, 1.165) is 0 Å². The molecule has 0 aromatic heterocycles. The van der Waals surface area contributed by atoms with E-state index in [0.29, 0.717) is 10.8 Å². The zero-order chi connectivity index (χ0) is 13.7. The van der Waals surface area contributed by atoms with Crippen molar-refractivity contribution < 1.29 is 14.3 Å². The van der Waals surface area contributed by atoms with Crippen LogP contribution in [0.5, 0.6) is 5.75 Å². The Labute approximate surface area is 112 Å². The number of ether oxygens (including phenoxy) is 2. The lowest BCUT2D eigenvalue weighted by Crippen LogP contribution is -2.37. The van der Waals surface area contributed by atoms with Crippen LogP contribution in [0.1, 0.15) is 20.8 Å². The van der Waals surface area contributed by atoms with E-state index in [1.54, 1.807) is 38.1 Å². The van der Waals surface area contributed by atoms with Crippen molar-refractivity contribution in [1.82, 2.24) is 0 Å². The minimum atomic E-state index is -0.629. The molecule has 0 bridgehead atoms. The van der Waals surface area contributed by atoms with Gasteiger partial charge in [-0.1, -0.05) is 11.6 Å². The fourth-order valence-electron chi connectivity index (χ4n) is 1.21. The molecule has 1 aromatic rings. The Kier molecular flexibility index (Phi) is 5.44. The summed E-state index contributed by atoms with van der Waals surface area (Å²) in [5, 5.41) is 0.645. The summed E-state index contributed by atoms with van der Waals surface area (Å²) in [6, 6.07) is 6.37. The second-order valence-electron chi connectivity index (χ2n) is 4.21. The molecule has 100 valence electrons. The van der Waals surface area contributed by atoms with E-state index < -0.39 is 12.0 Å². The summed E-state index contributed by atoms with van der Waals surface area (Å²) < 4.78 is 10.8. The van der Waals surface area contributed by atoms with Gasteiger partial charge in [0.05, 0.1) is 0 Å². The normalized spacial score (nSPS) is 15.6. The molecule has 0 fully saturated rings. The maximum Gasteiger partial charge on any atom is 0.323 e. The van der Waals surface area contributed by atoms with Crippen LogP contribution in [0.4, 0.5) is 0 Å². The van der Waals surface area contributed by atoms with Crippen LogP contribution in [0, 0.1) is 0 Å². The Morgan fingerprint density at radius 1 is 1.17 bits per heavy atom. The molecule has 0 heterocycles. The van der Waals surface area contributed by atoms with Gasteiger partial charge < -0.3 is 15.2 Å². The van der Waals surface area contributed by atoms with Crippen LogP contribution in [-0.2, 0) is 9.53 Å². The number of carbonyl (C=O) groups excluding carboxylic acids is 1. The van der Waals surface area contributed by atoms with Crippen molar-refractivity contribution >= 4 is 17.6 Å². The first-order valence-corrected chi connectivity index (χ1v) is 6.16. The molecule has 3 atom stereocenters. The van der Waals surface area contributed by atoms with Gasteiger partial charge >= 0.3 is 5.97 Å². The van der Waals surface area contributed by atoms with Crippen LogP contribution in [0.3, 0.4) is 0 Å². The molecule has 0 saturated carbocycles. The number of carbonyl (C=O) groups is 1. The van der Waals surface area contributed by atoms with E-state index in [1.165, 1.54) is 0 Å². The first-order valence-electron chi connectivity index (χ1n) is 5.78. The van der Waals surface area contributed by atoms with E-state index in [4.69, 9.17) is 26.8 Å². The molecule has 5 heteroatoms. The minimum Gasteiger partial charge on any atom is -0.487 e. The van der Waals surface area contributed by atoms with Crippen LogP contribution < -0.4 is 10.5 Å². The summed E-state index contributed by atoms with van der Waals surface area (Å²) in [4.78, 5) is 11.3. The molecule has 1 aromatic carbocycles. The fourth-order valence-corrected chi connectivity index (χ4v) is 1.34. The minimum absolute atomic E-state index is 0.270. The molecule has 0 radical (unpaired) electrons. The second-order valence-corrected chi connectivity index (χ2v) is 4.64. The fraction of sp³-hybridized carbons (Fsp3) is 0.462. The maximum atomic E-state index is 11.3. The van der Waals surface area contributed by atoms with Crippen molar-refractivity contribution in [1.29, 1.82) is 0 Å². The first kappa shape index (κ1) is 14.8. The monoisotopic (exact) mass is 271 g/mol. The molecule has 1 rings (SSSR count). The Balaban J connectivity index is 2.51. The third-order valence-electron chi connectivity index (χ3n) is 2.47. The zero-order valence-corrected chi connectivity index (χ0v) is 11.5. The third kappa shape index (κ3) is 4.55. The molecule has 0 aliphatic rings. The molecule has 18 heavy (non-hydrogen) atoms. The van der Waals surface area contributed by atoms with Crippen LogP contribution in [0.15, 0.2) is 24.3 Å². The van der Waals surface area contributed by atoms with Crippen LogP contribution in [0.25, 0.3) is 0 Å². The van der Waals surface area contributed by atoms with E-state index in [1.807, 2.05) is 6.92 Å². The smallest absolute Gasteiger partial charge is 0.323 e. The number of esters is 1. The van der Waals surface area contributed by atoms with Crippen LogP contribution in [-0.4, -0.2) is 24.2 Å². The standard InChI is InChI=1S/C13H18ClNO3/c1-8(15)13(16)18-10(3)9(2)17-12-6-4-11(14)5-7-12/h4-10H,15H2,1-3H3/t8-,9+,10-/m0/s1. The molecule has 0 aliphatic heterocycles.